The Morgan fingerprint density at radius 2 is 1.86 bits per heavy atom. The average molecular weight is 513 g/mol. The fourth-order valence-corrected chi connectivity index (χ4v) is 5.16. The second-order valence-electron chi connectivity index (χ2n) is 10.6. The summed E-state index contributed by atoms with van der Waals surface area (Å²) in [4.78, 5) is 26.6. The molecule has 1 aromatic carbocycles. The first kappa shape index (κ1) is 26.5. The molecular formula is C27H34F2N6O2. The molecule has 1 fully saturated rings. The van der Waals surface area contributed by atoms with Gasteiger partial charge in [0.2, 0.25) is 5.91 Å². The molecule has 1 saturated carbocycles. The Balaban J connectivity index is 1.61. The van der Waals surface area contributed by atoms with Crippen LogP contribution in [0.15, 0.2) is 36.5 Å². The number of carbonyl (C=O) groups is 2. The number of amides is 2. The van der Waals surface area contributed by atoms with Gasteiger partial charge in [0.05, 0.1) is 11.6 Å². The number of rotatable bonds is 7. The smallest absolute Gasteiger partial charge is 0.270 e. The molecule has 2 amide bonds. The van der Waals surface area contributed by atoms with Crippen molar-refractivity contribution >= 4 is 17.5 Å². The Kier molecular flexibility index (Phi) is 7.21. The maximum Gasteiger partial charge on any atom is 0.270 e. The van der Waals surface area contributed by atoms with Crippen molar-refractivity contribution in [3.05, 3.63) is 53.6 Å². The number of anilines is 1. The third-order valence-electron chi connectivity index (χ3n) is 7.24. The molecule has 10 heteroatoms. The lowest BCUT2D eigenvalue weighted by Crippen LogP contribution is -2.56. The number of hydrogen-bond donors (Lipinski definition) is 3. The molecular weight excluding hydrogens is 478 g/mol. The molecule has 1 aliphatic carbocycles. The highest BCUT2D eigenvalue weighted by atomic mass is 19.3. The molecule has 0 saturated heterocycles. The zero-order chi connectivity index (χ0) is 27.0. The lowest BCUT2D eigenvalue weighted by molar-refractivity contribution is -0.140. The highest BCUT2D eigenvalue weighted by Crippen LogP contribution is 2.48. The Bertz CT molecular complexity index is 1260. The van der Waals surface area contributed by atoms with E-state index in [0.29, 0.717) is 18.7 Å². The van der Waals surface area contributed by atoms with E-state index in [1.54, 1.807) is 12.1 Å². The van der Waals surface area contributed by atoms with Crippen molar-refractivity contribution in [2.75, 3.05) is 5.32 Å². The Labute approximate surface area is 215 Å². The van der Waals surface area contributed by atoms with Gasteiger partial charge in [0.15, 0.2) is 0 Å². The van der Waals surface area contributed by atoms with E-state index in [-0.39, 0.29) is 24.0 Å². The zero-order valence-electron chi connectivity index (χ0n) is 21.9. The van der Waals surface area contributed by atoms with Crippen molar-refractivity contribution in [1.29, 1.82) is 0 Å². The van der Waals surface area contributed by atoms with Gasteiger partial charge < -0.3 is 10.6 Å². The Morgan fingerprint density at radius 3 is 2.49 bits per heavy atom. The van der Waals surface area contributed by atoms with Crippen molar-refractivity contribution in [1.82, 2.24) is 25.3 Å². The van der Waals surface area contributed by atoms with Crippen molar-refractivity contribution in [3.63, 3.8) is 0 Å². The summed E-state index contributed by atoms with van der Waals surface area (Å²) in [6, 6.07) is 7.19. The van der Waals surface area contributed by atoms with Crippen LogP contribution >= 0.6 is 0 Å². The van der Waals surface area contributed by atoms with E-state index in [1.165, 1.54) is 16.9 Å². The fraction of sp³-hybridized carbons (Fsp3) is 0.481. The van der Waals surface area contributed by atoms with Gasteiger partial charge >= 0.3 is 0 Å². The molecule has 2 heterocycles. The molecule has 0 radical (unpaired) electrons. The highest BCUT2D eigenvalue weighted by molar-refractivity contribution is 6.01. The van der Waals surface area contributed by atoms with Gasteiger partial charge in [-0.05, 0) is 62.8 Å². The summed E-state index contributed by atoms with van der Waals surface area (Å²) in [7, 11) is 0. The van der Waals surface area contributed by atoms with Crippen molar-refractivity contribution < 1.29 is 18.4 Å². The van der Waals surface area contributed by atoms with Crippen LogP contribution in [0.3, 0.4) is 0 Å². The predicted octanol–water partition coefficient (Wildman–Crippen LogP) is 5.11. The Morgan fingerprint density at radius 1 is 1.16 bits per heavy atom. The molecule has 3 aromatic rings. The number of nitrogens with one attached hydrogen (secondary N) is 3. The van der Waals surface area contributed by atoms with Crippen molar-refractivity contribution in [3.8, 4) is 11.1 Å². The van der Waals surface area contributed by atoms with Crippen molar-refractivity contribution in [2.24, 2.45) is 11.3 Å². The van der Waals surface area contributed by atoms with Crippen LogP contribution in [-0.2, 0) is 11.3 Å². The van der Waals surface area contributed by atoms with Gasteiger partial charge in [0, 0.05) is 36.1 Å². The number of alkyl halides is 2. The lowest BCUT2D eigenvalue weighted by atomic mass is 9.68. The fourth-order valence-electron chi connectivity index (χ4n) is 5.16. The average Bonchev–Trinajstić information content (AvgIpc) is 3.46. The second-order valence-corrected chi connectivity index (χ2v) is 10.6. The largest absolute Gasteiger partial charge is 0.338 e. The molecule has 3 N–H and O–H groups in total. The zero-order valence-corrected chi connectivity index (χ0v) is 21.9. The van der Waals surface area contributed by atoms with Gasteiger partial charge in [-0.25, -0.2) is 8.78 Å². The van der Waals surface area contributed by atoms with Crippen LogP contribution in [0.5, 0.6) is 0 Å². The molecule has 0 unspecified atom stereocenters. The molecule has 198 valence electrons. The topological polar surface area (TPSA) is 105 Å². The minimum Gasteiger partial charge on any atom is -0.338 e. The minimum atomic E-state index is -3.10. The van der Waals surface area contributed by atoms with Gasteiger partial charge in [0.25, 0.3) is 11.8 Å². The quantitative estimate of drug-likeness (QED) is 0.409. The van der Waals surface area contributed by atoms with Crippen molar-refractivity contribution in [2.45, 2.75) is 72.4 Å². The molecule has 8 nitrogen and oxygen atoms in total. The first-order valence-corrected chi connectivity index (χ1v) is 12.6. The summed E-state index contributed by atoms with van der Waals surface area (Å²) in [5.41, 5.74) is 3.94. The summed E-state index contributed by atoms with van der Waals surface area (Å²) in [5.74, 6) is -5.74. The predicted molar refractivity (Wildman–Crippen MR) is 137 cm³/mol. The number of aromatic amines is 1. The SMILES string of the molecule is CCn1nccc1C(=O)N[C@H](C(=O)Nc1ccc(-c2c(C)n[nH]c2C)cc1)[C@@H]1CC(C)(C)CCC1(F)F. The van der Waals surface area contributed by atoms with E-state index in [2.05, 4.69) is 25.9 Å². The summed E-state index contributed by atoms with van der Waals surface area (Å²) in [6.45, 7) is 9.91. The highest BCUT2D eigenvalue weighted by Gasteiger charge is 2.52. The van der Waals surface area contributed by atoms with Gasteiger partial charge in [-0.2, -0.15) is 10.2 Å². The van der Waals surface area contributed by atoms with E-state index in [9.17, 15) is 9.59 Å². The first-order chi connectivity index (χ1) is 17.4. The maximum atomic E-state index is 15.2. The van der Waals surface area contributed by atoms with E-state index < -0.39 is 29.7 Å². The molecule has 0 aliphatic heterocycles. The molecule has 0 spiro atoms. The monoisotopic (exact) mass is 512 g/mol. The normalized spacial score (nSPS) is 19.3. The number of aryl methyl sites for hydroxylation is 3. The molecule has 37 heavy (non-hydrogen) atoms. The molecule has 0 bridgehead atoms. The number of benzene rings is 1. The van der Waals surface area contributed by atoms with Crippen LogP contribution in [0.2, 0.25) is 0 Å². The van der Waals surface area contributed by atoms with Gasteiger partial charge in [-0.15, -0.1) is 0 Å². The molecule has 2 atom stereocenters. The van der Waals surface area contributed by atoms with Crippen LogP contribution in [-0.4, -0.2) is 43.8 Å². The van der Waals surface area contributed by atoms with E-state index >= 15 is 8.78 Å². The lowest BCUT2D eigenvalue weighted by Gasteiger charge is -2.43. The van der Waals surface area contributed by atoms with E-state index in [4.69, 9.17) is 0 Å². The van der Waals surface area contributed by atoms with Crippen LogP contribution in [0, 0.1) is 25.2 Å². The van der Waals surface area contributed by atoms with Crippen LogP contribution < -0.4 is 10.6 Å². The van der Waals surface area contributed by atoms with Crippen LogP contribution in [0.25, 0.3) is 11.1 Å². The van der Waals surface area contributed by atoms with E-state index in [1.807, 2.05) is 46.8 Å². The molecule has 4 rings (SSSR count). The maximum absolute atomic E-state index is 15.2. The first-order valence-electron chi connectivity index (χ1n) is 12.6. The van der Waals surface area contributed by atoms with E-state index in [0.717, 1.165) is 22.5 Å². The third-order valence-corrected chi connectivity index (χ3v) is 7.24. The summed E-state index contributed by atoms with van der Waals surface area (Å²) in [6.07, 6.45) is 1.57. The molecule has 2 aromatic heterocycles. The van der Waals surface area contributed by atoms with Crippen LogP contribution in [0.1, 0.15) is 61.9 Å². The third kappa shape index (κ3) is 5.57. The number of carbonyl (C=O) groups excluding carboxylic acids is 2. The summed E-state index contributed by atoms with van der Waals surface area (Å²) >= 11 is 0. The molecule has 1 aliphatic rings. The number of H-pyrrole nitrogens is 1. The van der Waals surface area contributed by atoms with Gasteiger partial charge in [-0.1, -0.05) is 26.0 Å². The van der Waals surface area contributed by atoms with Crippen LogP contribution in [0.4, 0.5) is 14.5 Å². The van der Waals surface area contributed by atoms with Gasteiger partial charge in [0.1, 0.15) is 11.7 Å². The number of halogens is 2. The summed E-state index contributed by atoms with van der Waals surface area (Å²) in [5, 5.41) is 16.6. The number of aromatic nitrogens is 4. The minimum absolute atomic E-state index is 0.101. The number of nitrogens with zero attached hydrogens (tertiary/aromatic N) is 3. The Hall–Kier alpha value is -3.56. The second kappa shape index (κ2) is 10.1. The standard InChI is InChI=1S/C27H34F2N6O2/c1-6-35-21(11-14-30-35)24(36)32-23(20-15-26(4,5)12-13-27(20,28)29)25(37)31-19-9-7-18(8-10-19)22-16(2)33-34-17(22)3/h7-11,14,20,23H,6,12-13,15H2,1-5H3,(H,31,37)(H,32,36)(H,33,34)/t20-,23-/m0/s1. The van der Waals surface area contributed by atoms with Gasteiger partial charge in [-0.3, -0.25) is 19.4 Å². The number of hydrogen-bond acceptors (Lipinski definition) is 4. The summed E-state index contributed by atoms with van der Waals surface area (Å²) < 4.78 is 31.9.